The van der Waals surface area contributed by atoms with Crippen LogP contribution in [0.25, 0.3) is 0 Å². The number of rotatable bonds is 1. The minimum Gasteiger partial charge on any atom is -0.257 e. The van der Waals surface area contributed by atoms with Crippen molar-refractivity contribution in [3.05, 3.63) is 65.2 Å². The van der Waals surface area contributed by atoms with E-state index in [4.69, 9.17) is 0 Å². The summed E-state index contributed by atoms with van der Waals surface area (Å²) in [5.74, 6) is -0.813. The summed E-state index contributed by atoms with van der Waals surface area (Å²) < 4.78 is 40.8. The Bertz CT molecular complexity index is 649. The van der Waals surface area contributed by atoms with Gasteiger partial charge >= 0.3 is 0 Å². The summed E-state index contributed by atoms with van der Waals surface area (Å²) in [5, 5.41) is 0. The van der Waals surface area contributed by atoms with E-state index in [-0.39, 0.29) is 6.42 Å². The van der Waals surface area contributed by atoms with Gasteiger partial charge in [0.25, 0.3) is 0 Å². The average Bonchev–Trinajstić information content (AvgIpc) is 2.40. The predicted octanol–water partition coefficient (Wildman–Crippen LogP) is 4.09. The first-order valence-electron chi connectivity index (χ1n) is 5.85. The Balaban J connectivity index is 2.01. The Kier molecular flexibility index (Phi) is 2.66. The van der Waals surface area contributed by atoms with Gasteiger partial charge in [0.1, 0.15) is 11.6 Å². The molecular formula is C15H10F3N. The summed E-state index contributed by atoms with van der Waals surface area (Å²) in [6, 6.07) is 9.31. The molecule has 0 spiro atoms. The van der Waals surface area contributed by atoms with Crippen LogP contribution < -0.4 is 0 Å². The molecule has 1 aliphatic rings. The molecule has 1 aliphatic heterocycles. The Hall–Kier alpha value is -2.10. The second kappa shape index (κ2) is 4.23. The first-order chi connectivity index (χ1) is 9.07. The number of hydrogen-bond acceptors (Lipinski definition) is 1. The molecule has 0 saturated carbocycles. The van der Waals surface area contributed by atoms with Gasteiger partial charge in [0.2, 0.25) is 0 Å². The minimum atomic E-state index is -1.78. The zero-order chi connectivity index (χ0) is 13.5. The van der Waals surface area contributed by atoms with Gasteiger partial charge in [0.15, 0.2) is 5.67 Å². The van der Waals surface area contributed by atoms with E-state index in [2.05, 4.69) is 4.99 Å². The maximum absolute atomic E-state index is 14.9. The van der Waals surface area contributed by atoms with Gasteiger partial charge in [0, 0.05) is 12.6 Å². The molecule has 1 heterocycles. The van der Waals surface area contributed by atoms with E-state index in [0.717, 1.165) is 6.21 Å². The van der Waals surface area contributed by atoms with Crippen LogP contribution in [0.3, 0.4) is 0 Å². The summed E-state index contributed by atoms with van der Waals surface area (Å²) in [4.78, 5) is 3.97. The zero-order valence-corrected chi connectivity index (χ0v) is 9.91. The molecule has 0 aliphatic carbocycles. The fourth-order valence-corrected chi connectivity index (χ4v) is 2.20. The minimum absolute atomic E-state index is 0.0672. The number of hydrogen-bond donors (Lipinski definition) is 0. The van der Waals surface area contributed by atoms with Crippen molar-refractivity contribution < 1.29 is 13.2 Å². The third kappa shape index (κ3) is 2.14. The van der Waals surface area contributed by atoms with Crippen LogP contribution in [-0.2, 0) is 12.1 Å². The Morgan fingerprint density at radius 1 is 0.947 bits per heavy atom. The number of fused-ring (bicyclic) bond motifs is 1. The lowest BCUT2D eigenvalue weighted by Gasteiger charge is -2.25. The number of aliphatic imine (C=N–C) groups is 1. The molecule has 96 valence electrons. The van der Waals surface area contributed by atoms with Crippen molar-refractivity contribution in [1.29, 1.82) is 0 Å². The van der Waals surface area contributed by atoms with E-state index in [0.29, 0.717) is 16.8 Å². The van der Waals surface area contributed by atoms with Gasteiger partial charge in [-0.1, -0.05) is 18.2 Å². The molecule has 2 aromatic rings. The van der Waals surface area contributed by atoms with Gasteiger partial charge in [-0.15, -0.1) is 0 Å². The predicted molar refractivity (Wildman–Crippen MR) is 67.4 cm³/mol. The molecule has 0 aromatic heterocycles. The van der Waals surface area contributed by atoms with Crippen molar-refractivity contribution in [2.75, 3.05) is 0 Å². The van der Waals surface area contributed by atoms with E-state index in [1.54, 1.807) is 0 Å². The first-order valence-corrected chi connectivity index (χ1v) is 5.85. The normalized spacial score (nSPS) is 21.2. The zero-order valence-electron chi connectivity index (χ0n) is 9.91. The summed E-state index contributed by atoms with van der Waals surface area (Å²) >= 11 is 0. The first kappa shape index (κ1) is 12.0. The van der Waals surface area contributed by atoms with Crippen LogP contribution in [0.15, 0.2) is 47.5 Å². The van der Waals surface area contributed by atoms with Gasteiger partial charge in [-0.2, -0.15) is 0 Å². The van der Waals surface area contributed by atoms with Crippen molar-refractivity contribution in [2.45, 2.75) is 12.1 Å². The van der Waals surface area contributed by atoms with Crippen LogP contribution in [0.5, 0.6) is 0 Å². The van der Waals surface area contributed by atoms with E-state index in [1.807, 2.05) is 0 Å². The van der Waals surface area contributed by atoms with Crippen LogP contribution in [0.4, 0.5) is 18.9 Å². The highest BCUT2D eigenvalue weighted by Gasteiger charge is 2.34. The van der Waals surface area contributed by atoms with E-state index in [1.165, 1.54) is 42.5 Å². The van der Waals surface area contributed by atoms with Gasteiger partial charge in [-0.05, 0) is 35.4 Å². The maximum Gasteiger partial charge on any atom is 0.175 e. The lowest BCUT2D eigenvalue weighted by atomic mass is 9.87. The largest absolute Gasteiger partial charge is 0.257 e. The molecule has 1 unspecified atom stereocenters. The molecule has 0 bridgehead atoms. The number of benzene rings is 2. The Morgan fingerprint density at radius 2 is 1.63 bits per heavy atom. The van der Waals surface area contributed by atoms with E-state index in [9.17, 15) is 13.2 Å². The molecule has 4 heteroatoms. The van der Waals surface area contributed by atoms with Crippen LogP contribution in [0.2, 0.25) is 0 Å². The molecule has 0 amide bonds. The van der Waals surface area contributed by atoms with Crippen LogP contribution >= 0.6 is 0 Å². The standard InChI is InChI=1S/C15H10F3N/c16-12-5-2-11(3-6-12)15(18)8-10-1-4-13(17)7-14(10)19-9-15/h1-7,9H,8H2. The summed E-state index contributed by atoms with van der Waals surface area (Å²) in [6.45, 7) is 0. The fraction of sp³-hybridized carbons (Fsp3) is 0.133. The topological polar surface area (TPSA) is 12.4 Å². The van der Waals surface area contributed by atoms with Gasteiger partial charge in [-0.25, -0.2) is 13.2 Å². The molecule has 2 aromatic carbocycles. The van der Waals surface area contributed by atoms with Crippen LogP contribution in [-0.4, -0.2) is 6.21 Å². The second-order valence-corrected chi connectivity index (χ2v) is 4.58. The summed E-state index contributed by atoms with van der Waals surface area (Å²) in [6.07, 6.45) is 1.22. The number of alkyl halides is 1. The van der Waals surface area contributed by atoms with E-state index >= 15 is 0 Å². The molecule has 19 heavy (non-hydrogen) atoms. The van der Waals surface area contributed by atoms with Gasteiger partial charge in [-0.3, -0.25) is 4.99 Å². The van der Waals surface area contributed by atoms with Crippen molar-refractivity contribution in [3.8, 4) is 0 Å². The molecule has 1 nitrogen and oxygen atoms in total. The highest BCUT2D eigenvalue weighted by Crippen LogP contribution is 2.36. The van der Waals surface area contributed by atoms with Crippen LogP contribution in [0, 0.1) is 11.6 Å². The van der Waals surface area contributed by atoms with Crippen molar-refractivity contribution in [1.82, 2.24) is 0 Å². The van der Waals surface area contributed by atoms with Crippen molar-refractivity contribution in [2.24, 2.45) is 4.99 Å². The second-order valence-electron chi connectivity index (χ2n) is 4.58. The molecule has 0 radical (unpaired) electrons. The monoisotopic (exact) mass is 261 g/mol. The molecule has 1 atom stereocenters. The summed E-state index contributed by atoms with van der Waals surface area (Å²) in [5.41, 5.74) is -0.364. The average molecular weight is 261 g/mol. The number of halogens is 3. The third-order valence-electron chi connectivity index (χ3n) is 3.23. The highest BCUT2D eigenvalue weighted by molar-refractivity contribution is 5.78. The molecule has 0 N–H and O–H groups in total. The van der Waals surface area contributed by atoms with Gasteiger partial charge < -0.3 is 0 Å². The summed E-state index contributed by atoms with van der Waals surface area (Å²) in [7, 11) is 0. The Labute approximate surface area is 108 Å². The smallest absolute Gasteiger partial charge is 0.175 e. The quantitative estimate of drug-likeness (QED) is 0.733. The van der Waals surface area contributed by atoms with Crippen molar-refractivity contribution >= 4 is 11.9 Å². The third-order valence-corrected chi connectivity index (χ3v) is 3.23. The molecule has 0 saturated heterocycles. The molecular weight excluding hydrogens is 251 g/mol. The SMILES string of the molecule is Fc1ccc(C2(F)C=Nc3cc(F)ccc3C2)cc1. The Morgan fingerprint density at radius 3 is 2.37 bits per heavy atom. The highest BCUT2D eigenvalue weighted by atomic mass is 19.1. The van der Waals surface area contributed by atoms with Crippen molar-refractivity contribution in [3.63, 3.8) is 0 Å². The lowest BCUT2D eigenvalue weighted by Crippen LogP contribution is -2.27. The van der Waals surface area contributed by atoms with Crippen LogP contribution in [0.1, 0.15) is 11.1 Å². The fourth-order valence-electron chi connectivity index (χ4n) is 2.20. The van der Waals surface area contributed by atoms with E-state index < -0.39 is 17.3 Å². The molecule has 3 rings (SSSR count). The molecule has 0 fully saturated rings. The number of nitrogens with zero attached hydrogens (tertiary/aromatic N) is 1. The van der Waals surface area contributed by atoms with Gasteiger partial charge in [0.05, 0.1) is 5.69 Å². The lowest BCUT2D eigenvalue weighted by molar-refractivity contribution is 0.265. The maximum atomic E-state index is 14.9.